The van der Waals surface area contributed by atoms with Crippen LogP contribution in [0, 0.1) is 0 Å². The molecule has 2 amide bonds. The van der Waals surface area contributed by atoms with Crippen molar-refractivity contribution >= 4 is 22.6 Å². The number of amides is 2. The second kappa shape index (κ2) is 7.62. The molecular formula is C21H20N2O2. The van der Waals surface area contributed by atoms with Gasteiger partial charge in [0.25, 0.3) is 5.91 Å². The lowest BCUT2D eigenvalue weighted by Gasteiger charge is -2.15. The number of rotatable bonds is 5. The number of nitrogens with one attached hydrogen (secondary N) is 2. The van der Waals surface area contributed by atoms with Gasteiger partial charge in [-0.3, -0.25) is 9.59 Å². The molecule has 0 heterocycles. The Morgan fingerprint density at radius 3 is 2.32 bits per heavy atom. The van der Waals surface area contributed by atoms with Gasteiger partial charge in [0, 0.05) is 5.56 Å². The van der Waals surface area contributed by atoms with Gasteiger partial charge in [0.15, 0.2) is 0 Å². The first kappa shape index (κ1) is 16.7. The summed E-state index contributed by atoms with van der Waals surface area (Å²) in [5.74, 6) is -0.473. The zero-order valence-electron chi connectivity index (χ0n) is 14.0. The molecule has 1 atom stereocenters. The van der Waals surface area contributed by atoms with Gasteiger partial charge in [-0.15, -0.1) is 0 Å². The minimum atomic E-state index is -0.255. The van der Waals surface area contributed by atoms with Crippen LogP contribution in [0.15, 0.2) is 72.8 Å². The Balaban J connectivity index is 1.57. The SMILES string of the molecule is C[C@@H](NC(=O)CNC(=O)c1ccccc1)c1ccc2ccccc2c1. The zero-order chi connectivity index (χ0) is 17.6. The number of fused-ring (bicyclic) bond motifs is 1. The van der Waals surface area contributed by atoms with Gasteiger partial charge < -0.3 is 10.6 Å². The van der Waals surface area contributed by atoms with Crippen LogP contribution in [0.5, 0.6) is 0 Å². The monoisotopic (exact) mass is 332 g/mol. The first-order valence-electron chi connectivity index (χ1n) is 8.25. The fourth-order valence-corrected chi connectivity index (χ4v) is 2.71. The summed E-state index contributed by atoms with van der Waals surface area (Å²) in [7, 11) is 0. The molecule has 2 N–H and O–H groups in total. The zero-order valence-corrected chi connectivity index (χ0v) is 14.0. The Hall–Kier alpha value is -3.14. The van der Waals surface area contributed by atoms with Gasteiger partial charge in [0.05, 0.1) is 12.6 Å². The molecule has 3 aromatic rings. The Morgan fingerprint density at radius 1 is 0.880 bits per heavy atom. The first-order chi connectivity index (χ1) is 12.1. The fraction of sp³-hybridized carbons (Fsp3) is 0.143. The number of benzene rings is 3. The Bertz CT molecular complexity index is 891. The van der Waals surface area contributed by atoms with Crippen LogP contribution in [0.1, 0.15) is 28.9 Å². The van der Waals surface area contributed by atoms with E-state index in [1.54, 1.807) is 24.3 Å². The van der Waals surface area contributed by atoms with E-state index in [0.717, 1.165) is 10.9 Å². The lowest BCUT2D eigenvalue weighted by Crippen LogP contribution is -2.38. The Kier molecular flexibility index (Phi) is 5.09. The molecule has 4 nitrogen and oxygen atoms in total. The summed E-state index contributed by atoms with van der Waals surface area (Å²) < 4.78 is 0. The molecule has 0 aliphatic heterocycles. The number of carbonyl (C=O) groups excluding carboxylic acids is 2. The van der Waals surface area contributed by atoms with Crippen LogP contribution >= 0.6 is 0 Å². The highest BCUT2D eigenvalue weighted by Crippen LogP contribution is 2.20. The van der Waals surface area contributed by atoms with E-state index in [-0.39, 0.29) is 24.4 Å². The van der Waals surface area contributed by atoms with Crippen LogP contribution in [0.25, 0.3) is 10.8 Å². The predicted octanol–water partition coefficient (Wildman–Crippen LogP) is 3.45. The summed E-state index contributed by atoms with van der Waals surface area (Å²) in [6, 6.07) is 22.9. The van der Waals surface area contributed by atoms with Crippen molar-refractivity contribution in [1.82, 2.24) is 10.6 Å². The van der Waals surface area contributed by atoms with Crippen LogP contribution < -0.4 is 10.6 Å². The second-order valence-electron chi connectivity index (χ2n) is 5.94. The maximum absolute atomic E-state index is 12.1. The van der Waals surface area contributed by atoms with Gasteiger partial charge >= 0.3 is 0 Å². The Labute approximate surface area is 146 Å². The molecule has 0 aliphatic carbocycles. The van der Waals surface area contributed by atoms with Crippen molar-refractivity contribution < 1.29 is 9.59 Å². The van der Waals surface area contributed by atoms with Crippen molar-refractivity contribution in [2.75, 3.05) is 6.54 Å². The minimum absolute atomic E-state index is 0.0500. The molecule has 0 bridgehead atoms. The third-order valence-electron chi connectivity index (χ3n) is 4.10. The predicted molar refractivity (Wildman–Crippen MR) is 99.3 cm³/mol. The van der Waals surface area contributed by atoms with E-state index in [1.807, 2.05) is 43.3 Å². The van der Waals surface area contributed by atoms with Crippen molar-refractivity contribution in [2.24, 2.45) is 0 Å². The molecule has 0 unspecified atom stereocenters. The molecule has 0 radical (unpaired) electrons. The van der Waals surface area contributed by atoms with Crippen LogP contribution in [-0.2, 0) is 4.79 Å². The maximum Gasteiger partial charge on any atom is 0.251 e. The fourth-order valence-electron chi connectivity index (χ4n) is 2.71. The van der Waals surface area contributed by atoms with Crippen molar-refractivity contribution in [2.45, 2.75) is 13.0 Å². The quantitative estimate of drug-likeness (QED) is 0.752. The molecule has 0 fully saturated rings. The van der Waals surface area contributed by atoms with E-state index in [2.05, 4.69) is 22.8 Å². The topological polar surface area (TPSA) is 58.2 Å². The van der Waals surface area contributed by atoms with E-state index in [4.69, 9.17) is 0 Å². The summed E-state index contributed by atoms with van der Waals surface area (Å²) in [6.07, 6.45) is 0. The molecule has 0 saturated carbocycles. The molecule has 0 aromatic heterocycles. The standard InChI is InChI=1S/C21H20N2O2/c1-15(18-12-11-16-7-5-6-10-19(16)13-18)23-20(24)14-22-21(25)17-8-3-2-4-9-17/h2-13,15H,14H2,1H3,(H,22,25)(H,23,24)/t15-/m1/s1. The first-order valence-corrected chi connectivity index (χ1v) is 8.25. The van der Waals surface area contributed by atoms with E-state index in [1.165, 1.54) is 5.39 Å². The molecule has 3 aromatic carbocycles. The van der Waals surface area contributed by atoms with Crippen molar-refractivity contribution in [3.05, 3.63) is 83.9 Å². The summed E-state index contributed by atoms with van der Waals surface area (Å²) in [4.78, 5) is 24.1. The van der Waals surface area contributed by atoms with Gasteiger partial charge in [-0.05, 0) is 41.5 Å². The van der Waals surface area contributed by atoms with Crippen LogP contribution in [-0.4, -0.2) is 18.4 Å². The summed E-state index contributed by atoms with van der Waals surface area (Å²) in [5.41, 5.74) is 1.57. The molecule has 0 aliphatic rings. The van der Waals surface area contributed by atoms with Crippen molar-refractivity contribution in [3.63, 3.8) is 0 Å². The average molecular weight is 332 g/mol. The van der Waals surface area contributed by atoms with Gasteiger partial charge in [-0.1, -0.05) is 54.6 Å². The number of hydrogen-bond acceptors (Lipinski definition) is 2. The lowest BCUT2D eigenvalue weighted by atomic mass is 10.0. The number of hydrogen-bond donors (Lipinski definition) is 2. The van der Waals surface area contributed by atoms with E-state index in [9.17, 15) is 9.59 Å². The highest BCUT2D eigenvalue weighted by molar-refractivity contribution is 5.96. The molecule has 25 heavy (non-hydrogen) atoms. The summed E-state index contributed by atoms with van der Waals surface area (Å²) in [6.45, 7) is 1.88. The molecule has 0 saturated heterocycles. The van der Waals surface area contributed by atoms with E-state index < -0.39 is 0 Å². The maximum atomic E-state index is 12.1. The molecule has 126 valence electrons. The van der Waals surface area contributed by atoms with E-state index >= 15 is 0 Å². The third kappa shape index (κ3) is 4.23. The summed E-state index contributed by atoms with van der Waals surface area (Å²) >= 11 is 0. The molecular weight excluding hydrogens is 312 g/mol. The summed E-state index contributed by atoms with van der Waals surface area (Å²) in [5, 5.41) is 7.85. The van der Waals surface area contributed by atoms with Gasteiger partial charge in [0.2, 0.25) is 5.91 Å². The Morgan fingerprint density at radius 2 is 1.56 bits per heavy atom. The van der Waals surface area contributed by atoms with Crippen LogP contribution in [0.3, 0.4) is 0 Å². The minimum Gasteiger partial charge on any atom is -0.348 e. The lowest BCUT2D eigenvalue weighted by molar-refractivity contribution is -0.120. The second-order valence-corrected chi connectivity index (χ2v) is 5.94. The largest absolute Gasteiger partial charge is 0.348 e. The van der Waals surface area contributed by atoms with Crippen molar-refractivity contribution in [3.8, 4) is 0 Å². The smallest absolute Gasteiger partial charge is 0.251 e. The highest BCUT2D eigenvalue weighted by Gasteiger charge is 2.12. The van der Waals surface area contributed by atoms with Gasteiger partial charge in [-0.2, -0.15) is 0 Å². The van der Waals surface area contributed by atoms with Crippen molar-refractivity contribution in [1.29, 1.82) is 0 Å². The van der Waals surface area contributed by atoms with Gasteiger partial charge in [-0.25, -0.2) is 0 Å². The third-order valence-corrected chi connectivity index (χ3v) is 4.10. The molecule has 3 rings (SSSR count). The molecule has 0 spiro atoms. The molecule has 4 heteroatoms. The van der Waals surface area contributed by atoms with Crippen LogP contribution in [0.4, 0.5) is 0 Å². The van der Waals surface area contributed by atoms with E-state index in [0.29, 0.717) is 5.56 Å². The van der Waals surface area contributed by atoms with Gasteiger partial charge in [0.1, 0.15) is 0 Å². The average Bonchev–Trinajstić information content (AvgIpc) is 2.66. The number of carbonyl (C=O) groups is 2. The highest BCUT2D eigenvalue weighted by atomic mass is 16.2. The normalized spacial score (nSPS) is 11.7. The van der Waals surface area contributed by atoms with Crippen LogP contribution in [0.2, 0.25) is 0 Å².